The average molecular weight is 353 g/mol. The highest BCUT2D eigenvalue weighted by Gasteiger charge is 2.11. The van der Waals surface area contributed by atoms with Crippen molar-refractivity contribution >= 4 is 33.7 Å². The summed E-state index contributed by atoms with van der Waals surface area (Å²) in [7, 11) is 0. The highest BCUT2D eigenvalue weighted by Crippen LogP contribution is 2.29. The summed E-state index contributed by atoms with van der Waals surface area (Å²) >= 11 is 0. The molecule has 0 radical (unpaired) electrons. The van der Waals surface area contributed by atoms with Crippen molar-refractivity contribution in [1.29, 1.82) is 0 Å². The number of fused-ring (bicyclic) bond motifs is 2. The van der Waals surface area contributed by atoms with Gasteiger partial charge in [-0.3, -0.25) is 0 Å². The molecule has 0 aliphatic heterocycles. The molecule has 0 fully saturated rings. The minimum Gasteiger partial charge on any atom is -0.0795 e. The predicted molar refractivity (Wildman–Crippen MR) is 123 cm³/mol. The summed E-state index contributed by atoms with van der Waals surface area (Å²) in [4.78, 5) is 0. The van der Waals surface area contributed by atoms with E-state index in [9.17, 15) is 0 Å². The normalized spacial score (nSPS) is 12.6. The van der Waals surface area contributed by atoms with Crippen LogP contribution < -0.4 is 10.4 Å². The molecular formula is C27H28. The van der Waals surface area contributed by atoms with Crippen LogP contribution in [-0.2, 0) is 0 Å². The van der Waals surface area contributed by atoms with Crippen molar-refractivity contribution in [3.63, 3.8) is 0 Å². The van der Waals surface area contributed by atoms with Crippen LogP contribution in [0.5, 0.6) is 0 Å². The van der Waals surface area contributed by atoms with E-state index in [2.05, 4.69) is 99.7 Å². The summed E-state index contributed by atoms with van der Waals surface area (Å²) in [5, 5.41) is 7.98. The SMILES string of the molecule is C.C/C=c1/c(C)c2ccccc2c(-c2ccc3ccccc3c2)/c1=C/CC. The second-order valence-electron chi connectivity index (χ2n) is 6.84. The van der Waals surface area contributed by atoms with E-state index in [1.807, 2.05) is 0 Å². The minimum absolute atomic E-state index is 0. The van der Waals surface area contributed by atoms with E-state index in [0.29, 0.717) is 0 Å². The van der Waals surface area contributed by atoms with Crippen molar-refractivity contribution in [3.8, 4) is 11.1 Å². The maximum Gasteiger partial charge on any atom is -0.00297 e. The van der Waals surface area contributed by atoms with Gasteiger partial charge in [0.1, 0.15) is 0 Å². The first-order chi connectivity index (χ1) is 12.7. The van der Waals surface area contributed by atoms with Gasteiger partial charge in [0.15, 0.2) is 0 Å². The molecule has 0 atom stereocenters. The molecule has 0 saturated carbocycles. The van der Waals surface area contributed by atoms with Gasteiger partial charge in [0, 0.05) is 0 Å². The van der Waals surface area contributed by atoms with Crippen molar-refractivity contribution in [3.05, 3.63) is 82.7 Å². The average Bonchev–Trinajstić information content (AvgIpc) is 2.68. The molecule has 0 spiro atoms. The maximum absolute atomic E-state index is 2.37. The molecule has 0 aliphatic carbocycles. The van der Waals surface area contributed by atoms with Crippen LogP contribution in [0.15, 0.2) is 66.7 Å². The summed E-state index contributed by atoms with van der Waals surface area (Å²) < 4.78 is 0. The summed E-state index contributed by atoms with van der Waals surface area (Å²) in [6, 6.07) is 24.2. The maximum atomic E-state index is 2.37. The highest BCUT2D eigenvalue weighted by molar-refractivity contribution is 6.01. The molecule has 0 nitrogen and oxygen atoms in total. The number of hydrogen-bond acceptors (Lipinski definition) is 0. The Bertz CT molecular complexity index is 1230. The third-order valence-corrected chi connectivity index (χ3v) is 5.30. The van der Waals surface area contributed by atoms with E-state index < -0.39 is 0 Å². The van der Waals surface area contributed by atoms with E-state index in [4.69, 9.17) is 0 Å². The number of hydrogen-bond donors (Lipinski definition) is 0. The van der Waals surface area contributed by atoms with Gasteiger partial charge in [0.05, 0.1) is 0 Å². The molecule has 0 aromatic heterocycles. The lowest BCUT2D eigenvalue weighted by Gasteiger charge is -2.14. The molecule has 4 aromatic rings. The van der Waals surface area contributed by atoms with Gasteiger partial charge >= 0.3 is 0 Å². The zero-order valence-corrected chi connectivity index (χ0v) is 15.7. The van der Waals surface area contributed by atoms with Crippen molar-refractivity contribution in [2.45, 2.75) is 34.6 Å². The predicted octanol–water partition coefficient (Wildman–Crippen LogP) is 6.60. The van der Waals surface area contributed by atoms with Crippen molar-refractivity contribution in [2.24, 2.45) is 0 Å². The molecule has 4 rings (SSSR count). The van der Waals surface area contributed by atoms with Gasteiger partial charge in [0.25, 0.3) is 0 Å². The highest BCUT2D eigenvalue weighted by atomic mass is 14.1. The van der Waals surface area contributed by atoms with E-state index in [-0.39, 0.29) is 7.43 Å². The van der Waals surface area contributed by atoms with Gasteiger partial charge in [-0.15, -0.1) is 0 Å². The fourth-order valence-electron chi connectivity index (χ4n) is 4.10. The number of aryl methyl sites for hydroxylation is 1. The number of benzene rings is 4. The molecule has 0 heteroatoms. The third kappa shape index (κ3) is 3.17. The topological polar surface area (TPSA) is 0 Å². The summed E-state index contributed by atoms with van der Waals surface area (Å²) in [6.07, 6.45) is 5.66. The van der Waals surface area contributed by atoms with E-state index in [1.54, 1.807) is 0 Å². The largest absolute Gasteiger partial charge is 0.0795 e. The molecule has 0 amide bonds. The Morgan fingerprint density at radius 1 is 0.778 bits per heavy atom. The van der Waals surface area contributed by atoms with Crippen molar-refractivity contribution in [2.75, 3.05) is 0 Å². The molecule has 0 aliphatic rings. The second kappa shape index (κ2) is 7.80. The van der Waals surface area contributed by atoms with E-state index >= 15 is 0 Å². The first-order valence-electron chi connectivity index (χ1n) is 9.41. The fourth-order valence-corrected chi connectivity index (χ4v) is 4.10. The standard InChI is InChI=1S/C26H24.CH4/c1-4-10-24-22(5-2)18(3)23-13-8-9-14-25(23)26(24)21-16-15-19-11-6-7-12-20(19)17-21;/h5-17H,4H2,1-3H3;1H4/b22-5-,24-10+;. The smallest absolute Gasteiger partial charge is 0.00297 e. The van der Waals surface area contributed by atoms with Gasteiger partial charge in [-0.1, -0.05) is 87.2 Å². The molecule has 4 aromatic carbocycles. The molecule has 136 valence electrons. The van der Waals surface area contributed by atoms with Crippen LogP contribution >= 0.6 is 0 Å². The fraction of sp³-hybridized carbons (Fsp3) is 0.185. The van der Waals surface area contributed by atoms with Crippen molar-refractivity contribution in [1.82, 2.24) is 0 Å². The molecule has 0 unspecified atom stereocenters. The van der Waals surface area contributed by atoms with Crippen LogP contribution in [0.4, 0.5) is 0 Å². The van der Waals surface area contributed by atoms with Gasteiger partial charge in [0.2, 0.25) is 0 Å². The van der Waals surface area contributed by atoms with Crippen LogP contribution in [0.3, 0.4) is 0 Å². The number of rotatable bonds is 2. The van der Waals surface area contributed by atoms with Gasteiger partial charge in [-0.2, -0.15) is 0 Å². The Balaban J connectivity index is 0.00000210. The molecule has 0 heterocycles. The molecule has 0 bridgehead atoms. The summed E-state index contributed by atoms with van der Waals surface area (Å²) in [6.45, 7) is 6.61. The van der Waals surface area contributed by atoms with E-state index in [1.165, 1.54) is 48.7 Å². The minimum atomic E-state index is 0. The lowest BCUT2D eigenvalue weighted by molar-refractivity contribution is 1.27. The molecule has 0 saturated heterocycles. The Morgan fingerprint density at radius 2 is 1.44 bits per heavy atom. The molecule has 27 heavy (non-hydrogen) atoms. The van der Waals surface area contributed by atoms with Crippen LogP contribution in [0.2, 0.25) is 0 Å². The van der Waals surface area contributed by atoms with Crippen LogP contribution in [0, 0.1) is 6.92 Å². The molecule has 0 N–H and O–H groups in total. The Kier molecular flexibility index (Phi) is 5.46. The third-order valence-electron chi connectivity index (χ3n) is 5.30. The Labute approximate surface area is 162 Å². The monoisotopic (exact) mass is 352 g/mol. The first kappa shape index (κ1) is 18.9. The summed E-state index contributed by atoms with van der Waals surface area (Å²) in [5.74, 6) is 0. The quantitative estimate of drug-likeness (QED) is 0.381. The van der Waals surface area contributed by atoms with Crippen LogP contribution in [0.1, 0.15) is 33.3 Å². The Morgan fingerprint density at radius 3 is 2.15 bits per heavy atom. The van der Waals surface area contributed by atoms with E-state index in [0.717, 1.165) is 6.42 Å². The lowest BCUT2D eigenvalue weighted by atomic mass is 9.90. The summed E-state index contributed by atoms with van der Waals surface area (Å²) in [5.41, 5.74) is 4.02. The van der Waals surface area contributed by atoms with Crippen molar-refractivity contribution < 1.29 is 0 Å². The zero-order valence-electron chi connectivity index (χ0n) is 15.7. The second-order valence-corrected chi connectivity index (χ2v) is 6.84. The van der Waals surface area contributed by atoms with Crippen LogP contribution in [-0.4, -0.2) is 0 Å². The van der Waals surface area contributed by atoms with Gasteiger partial charge in [-0.25, -0.2) is 0 Å². The van der Waals surface area contributed by atoms with Gasteiger partial charge < -0.3 is 0 Å². The Hall–Kier alpha value is -2.86. The first-order valence-corrected chi connectivity index (χ1v) is 9.41. The molecular weight excluding hydrogens is 324 g/mol. The van der Waals surface area contributed by atoms with Gasteiger partial charge in [-0.05, 0) is 75.0 Å². The zero-order chi connectivity index (χ0) is 18.1. The van der Waals surface area contributed by atoms with Crippen LogP contribution in [0.25, 0.3) is 44.8 Å². The lowest BCUT2D eigenvalue weighted by Crippen LogP contribution is -2.30.